The predicted octanol–water partition coefficient (Wildman–Crippen LogP) is 3.21. The minimum Gasteiger partial charge on any atom is -0.399 e. The molecule has 0 aliphatic carbocycles. The van der Waals surface area contributed by atoms with E-state index in [1.807, 2.05) is 12.1 Å². The zero-order valence-corrected chi connectivity index (χ0v) is 15.5. The number of amides is 1. The van der Waals surface area contributed by atoms with Gasteiger partial charge in [0.15, 0.2) is 5.82 Å². The Morgan fingerprint density at radius 3 is 2.64 bits per heavy atom. The third-order valence-electron chi connectivity index (χ3n) is 3.49. The normalized spacial score (nSPS) is 11.2. The van der Waals surface area contributed by atoms with Crippen LogP contribution in [0.4, 0.5) is 22.3 Å². The van der Waals surface area contributed by atoms with Crippen molar-refractivity contribution >= 4 is 45.3 Å². The number of aromatic nitrogens is 3. The third kappa shape index (κ3) is 4.92. The van der Waals surface area contributed by atoms with Gasteiger partial charge in [-0.1, -0.05) is 11.3 Å². The smallest absolute Gasteiger partial charge is 0.287 e. The van der Waals surface area contributed by atoms with Crippen molar-refractivity contribution in [3.05, 3.63) is 52.7 Å². The first kappa shape index (κ1) is 19.0. The third-order valence-corrected chi connectivity index (χ3v) is 4.38. The van der Waals surface area contributed by atoms with E-state index in [1.165, 1.54) is 23.5 Å². The summed E-state index contributed by atoms with van der Waals surface area (Å²) >= 11 is 1.24. The van der Waals surface area contributed by atoms with E-state index in [4.69, 9.17) is 5.73 Å². The van der Waals surface area contributed by atoms with Gasteiger partial charge < -0.3 is 11.1 Å². The van der Waals surface area contributed by atoms with Gasteiger partial charge in [0, 0.05) is 23.0 Å². The van der Waals surface area contributed by atoms with Crippen LogP contribution in [0, 0.1) is 10.1 Å². The van der Waals surface area contributed by atoms with Crippen LogP contribution in [0.3, 0.4) is 0 Å². The average Bonchev–Trinajstić information content (AvgIpc) is 3.10. The molecule has 2 aromatic heterocycles. The number of hydrogen-bond donors (Lipinski definition) is 2. The van der Waals surface area contributed by atoms with E-state index < -0.39 is 4.92 Å². The van der Waals surface area contributed by atoms with Crippen LogP contribution in [0.15, 0.2) is 47.6 Å². The topological polar surface area (TPSA) is 149 Å². The maximum atomic E-state index is 12.2. The maximum Gasteiger partial charge on any atom is 0.287 e. The zero-order valence-electron chi connectivity index (χ0n) is 14.7. The first-order valence-corrected chi connectivity index (χ1v) is 8.86. The molecule has 142 valence electrons. The molecule has 2 heterocycles. The van der Waals surface area contributed by atoms with Gasteiger partial charge in [-0.25, -0.2) is 9.98 Å². The van der Waals surface area contributed by atoms with Gasteiger partial charge in [-0.2, -0.15) is 0 Å². The van der Waals surface area contributed by atoms with E-state index in [1.54, 1.807) is 19.1 Å². The zero-order chi connectivity index (χ0) is 20.1. The van der Waals surface area contributed by atoms with Crippen LogP contribution < -0.4 is 11.1 Å². The fourth-order valence-corrected chi connectivity index (χ4v) is 2.96. The highest BCUT2D eigenvalue weighted by atomic mass is 32.1. The number of rotatable bonds is 6. The molecule has 3 N–H and O–H groups in total. The molecule has 0 aliphatic rings. The van der Waals surface area contributed by atoms with Gasteiger partial charge >= 0.3 is 0 Å². The van der Waals surface area contributed by atoms with E-state index in [2.05, 4.69) is 25.5 Å². The Bertz CT molecular complexity index is 1030. The molecule has 28 heavy (non-hydrogen) atoms. The SMILES string of the molecule is CC(CC(=O)Nc1nnc(-c2ccc(N)cc2)s1)=Nc1ccc([N+](=O)[O-])cn1. The maximum absolute atomic E-state index is 12.2. The Labute approximate surface area is 163 Å². The van der Waals surface area contributed by atoms with E-state index in [9.17, 15) is 14.9 Å². The second-order valence-corrected chi connectivity index (χ2v) is 6.72. The summed E-state index contributed by atoms with van der Waals surface area (Å²) in [5.41, 5.74) is 7.55. The number of carbonyl (C=O) groups is 1. The largest absolute Gasteiger partial charge is 0.399 e. The number of nitrogens with two attached hydrogens (primary N) is 1. The number of carbonyl (C=O) groups excluding carboxylic acids is 1. The van der Waals surface area contributed by atoms with Crippen LogP contribution in [0.2, 0.25) is 0 Å². The first-order chi connectivity index (χ1) is 13.4. The summed E-state index contributed by atoms with van der Waals surface area (Å²) in [5.74, 6) is -0.0133. The van der Waals surface area contributed by atoms with Gasteiger partial charge in [-0.05, 0) is 37.3 Å². The van der Waals surface area contributed by atoms with Crippen LogP contribution in [0.5, 0.6) is 0 Å². The van der Waals surface area contributed by atoms with Gasteiger partial charge in [0.25, 0.3) is 5.69 Å². The molecule has 10 nitrogen and oxygen atoms in total. The molecule has 0 unspecified atom stereocenters. The molecule has 0 fully saturated rings. The van der Waals surface area contributed by atoms with E-state index in [0.717, 1.165) is 11.8 Å². The number of hydrogen-bond acceptors (Lipinski definition) is 9. The lowest BCUT2D eigenvalue weighted by Gasteiger charge is -2.01. The lowest BCUT2D eigenvalue weighted by atomic mass is 10.2. The van der Waals surface area contributed by atoms with Crippen molar-refractivity contribution < 1.29 is 9.72 Å². The average molecular weight is 397 g/mol. The van der Waals surface area contributed by atoms with Crippen molar-refractivity contribution in [2.24, 2.45) is 4.99 Å². The number of nitrogens with zero attached hydrogens (tertiary/aromatic N) is 5. The van der Waals surface area contributed by atoms with Crippen LogP contribution in [-0.4, -0.2) is 31.7 Å². The van der Waals surface area contributed by atoms with Gasteiger partial charge in [-0.15, -0.1) is 10.2 Å². The van der Waals surface area contributed by atoms with Crippen LogP contribution >= 0.6 is 11.3 Å². The predicted molar refractivity (Wildman–Crippen MR) is 107 cm³/mol. The lowest BCUT2D eigenvalue weighted by molar-refractivity contribution is -0.385. The second-order valence-electron chi connectivity index (χ2n) is 5.74. The molecular formula is C17H15N7O3S. The number of nitrogens with one attached hydrogen (secondary N) is 1. The summed E-state index contributed by atoms with van der Waals surface area (Å²) in [5, 5.41) is 22.4. The van der Waals surface area contributed by atoms with Crippen LogP contribution in [0.25, 0.3) is 10.6 Å². The van der Waals surface area contributed by atoms with Gasteiger partial charge in [-0.3, -0.25) is 14.9 Å². The molecule has 0 saturated carbocycles. The Kier molecular flexibility index (Phi) is 5.65. The quantitative estimate of drug-likeness (QED) is 0.280. The molecule has 11 heteroatoms. The molecule has 0 bridgehead atoms. The molecule has 0 spiro atoms. The fraction of sp³-hybridized carbons (Fsp3) is 0.118. The highest BCUT2D eigenvalue weighted by Crippen LogP contribution is 2.27. The van der Waals surface area contributed by atoms with Crippen LogP contribution in [-0.2, 0) is 4.79 Å². The Hall–Kier alpha value is -3.73. The number of anilines is 2. The molecule has 3 aromatic rings. The van der Waals surface area contributed by atoms with E-state index >= 15 is 0 Å². The highest BCUT2D eigenvalue weighted by Gasteiger charge is 2.11. The minimum atomic E-state index is -0.540. The molecule has 0 atom stereocenters. The van der Waals surface area contributed by atoms with Crippen LogP contribution in [0.1, 0.15) is 13.3 Å². The summed E-state index contributed by atoms with van der Waals surface area (Å²) in [7, 11) is 0. The van der Waals surface area contributed by atoms with Crippen molar-refractivity contribution in [1.29, 1.82) is 0 Å². The van der Waals surface area contributed by atoms with Crippen molar-refractivity contribution in [1.82, 2.24) is 15.2 Å². The molecule has 0 aliphatic heterocycles. The number of pyridine rings is 1. The first-order valence-electron chi connectivity index (χ1n) is 8.04. The van der Waals surface area contributed by atoms with E-state index in [0.29, 0.717) is 21.5 Å². The minimum absolute atomic E-state index is 0.0233. The summed E-state index contributed by atoms with van der Waals surface area (Å²) in [6, 6.07) is 9.91. The standard InChI is InChI=1S/C17H15N7O3S/c1-10(20-14-7-6-13(9-19-14)24(26)27)8-15(25)21-17-23-22-16(28-17)11-2-4-12(18)5-3-11/h2-7,9H,8,18H2,1H3,(H,21,23,25). The fourth-order valence-electron chi connectivity index (χ4n) is 2.20. The van der Waals surface area contributed by atoms with Crippen molar-refractivity contribution in [3.8, 4) is 10.6 Å². The molecular weight excluding hydrogens is 382 g/mol. The lowest BCUT2D eigenvalue weighted by Crippen LogP contribution is -2.14. The van der Waals surface area contributed by atoms with Gasteiger partial charge in [0.05, 0.1) is 11.3 Å². The van der Waals surface area contributed by atoms with Crippen molar-refractivity contribution in [3.63, 3.8) is 0 Å². The van der Waals surface area contributed by atoms with Gasteiger partial charge in [0.1, 0.15) is 11.2 Å². The van der Waals surface area contributed by atoms with E-state index in [-0.39, 0.29) is 23.8 Å². The summed E-state index contributed by atoms with van der Waals surface area (Å²) in [6.07, 6.45) is 1.14. The number of aliphatic imine (C=N–C) groups is 1. The number of nitrogen functional groups attached to an aromatic ring is 1. The summed E-state index contributed by atoms with van der Waals surface area (Å²) in [6.45, 7) is 1.67. The van der Waals surface area contributed by atoms with Gasteiger partial charge in [0.2, 0.25) is 11.0 Å². The summed E-state index contributed by atoms with van der Waals surface area (Å²) in [4.78, 5) is 30.3. The molecule has 0 saturated heterocycles. The highest BCUT2D eigenvalue weighted by molar-refractivity contribution is 7.18. The Balaban J connectivity index is 1.60. The molecule has 0 radical (unpaired) electrons. The van der Waals surface area contributed by atoms with Crippen molar-refractivity contribution in [2.75, 3.05) is 11.1 Å². The number of benzene rings is 1. The molecule has 3 rings (SSSR count). The second kappa shape index (κ2) is 8.31. The summed E-state index contributed by atoms with van der Waals surface area (Å²) < 4.78 is 0. The van der Waals surface area contributed by atoms with Crippen molar-refractivity contribution in [2.45, 2.75) is 13.3 Å². The molecule has 1 amide bonds. The number of nitro groups is 1. The Morgan fingerprint density at radius 2 is 2.00 bits per heavy atom. The monoisotopic (exact) mass is 397 g/mol. The molecule has 1 aromatic carbocycles. The Morgan fingerprint density at radius 1 is 1.25 bits per heavy atom.